The van der Waals surface area contributed by atoms with Crippen LogP contribution in [0.1, 0.15) is 11.3 Å². The Bertz CT molecular complexity index is 502. The Morgan fingerprint density at radius 2 is 2.13 bits per heavy atom. The van der Waals surface area contributed by atoms with Crippen LogP contribution >= 0.6 is 11.6 Å². The first kappa shape index (κ1) is 10.5. The van der Waals surface area contributed by atoms with Gasteiger partial charge in [0.05, 0.1) is 11.6 Å². The lowest BCUT2D eigenvalue weighted by Gasteiger charge is -2.00. The van der Waals surface area contributed by atoms with Gasteiger partial charge in [0.25, 0.3) is 0 Å². The van der Waals surface area contributed by atoms with Gasteiger partial charge in [0.2, 0.25) is 0 Å². The minimum atomic E-state index is 0.604. The summed E-state index contributed by atoms with van der Waals surface area (Å²) in [5, 5.41) is 1.91. The van der Waals surface area contributed by atoms with Crippen LogP contribution in [-0.4, -0.2) is 11.7 Å². The Morgan fingerprint density at radius 3 is 2.80 bits per heavy atom. The van der Waals surface area contributed by atoms with E-state index in [4.69, 9.17) is 16.3 Å². The number of methoxy groups -OCH3 is 1. The van der Waals surface area contributed by atoms with E-state index in [1.165, 1.54) is 11.3 Å². The standard InChI is InChI=1S/C12H14ClNO/c1-8-9(7-15-3)12-10(13)5-4-6-11(12)14(8)2/h4-6H,7H2,1-3H3. The zero-order valence-electron chi connectivity index (χ0n) is 9.17. The van der Waals surface area contributed by atoms with Gasteiger partial charge in [0.15, 0.2) is 0 Å². The molecule has 1 aromatic heterocycles. The van der Waals surface area contributed by atoms with Gasteiger partial charge in [0, 0.05) is 36.3 Å². The van der Waals surface area contributed by atoms with Gasteiger partial charge in [-0.3, -0.25) is 0 Å². The second kappa shape index (κ2) is 3.87. The first-order chi connectivity index (χ1) is 7.16. The van der Waals surface area contributed by atoms with Gasteiger partial charge < -0.3 is 9.30 Å². The van der Waals surface area contributed by atoms with Crippen molar-refractivity contribution in [2.24, 2.45) is 7.05 Å². The summed E-state index contributed by atoms with van der Waals surface area (Å²) in [6.07, 6.45) is 0. The van der Waals surface area contributed by atoms with Crippen LogP contribution < -0.4 is 0 Å². The van der Waals surface area contributed by atoms with E-state index in [0.29, 0.717) is 6.61 Å². The molecule has 0 spiro atoms. The lowest BCUT2D eigenvalue weighted by molar-refractivity contribution is 0.185. The maximum Gasteiger partial charge on any atom is 0.0737 e. The first-order valence-electron chi connectivity index (χ1n) is 4.88. The van der Waals surface area contributed by atoms with E-state index in [1.54, 1.807) is 7.11 Å². The average Bonchev–Trinajstić information content (AvgIpc) is 2.46. The fourth-order valence-corrected chi connectivity index (χ4v) is 2.26. The molecule has 2 nitrogen and oxygen atoms in total. The molecular weight excluding hydrogens is 210 g/mol. The molecule has 3 heteroatoms. The quantitative estimate of drug-likeness (QED) is 0.762. The summed E-state index contributed by atoms with van der Waals surface area (Å²) in [4.78, 5) is 0. The first-order valence-corrected chi connectivity index (χ1v) is 5.26. The summed E-state index contributed by atoms with van der Waals surface area (Å²) >= 11 is 6.21. The molecule has 1 heterocycles. The number of ether oxygens (including phenoxy) is 1. The molecular formula is C12H14ClNO. The molecule has 0 amide bonds. The summed E-state index contributed by atoms with van der Waals surface area (Å²) in [6, 6.07) is 5.97. The van der Waals surface area contributed by atoms with Crippen LogP contribution in [0.15, 0.2) is 18.2 Å². The summed E-state index contributed by atoms with van der Waals surface area (Å²) in [6.45, 7) is 2.69. The number of halogens is 1. The smallest absolute Gasteiger partial charge is 0.0737 e. The highest BCUT2D eigenvalue weighted by molar-refractivity contribution is 6.35. The van der Waals surface area contributed by atoms with Crippen LogP contribution in [0.4, 0.5) is 0 Å². The third-order valence-corrected chi connectivity index (χ3v) is 3.20. The molecule has 0 atom stereocenters. The zero-order chi connectivity index (χ0) is 11.0. The van der Waals surface area contributed by atoms with Gasteiger partial charge in [-0.15, -0.1) is 0 Å². The van der Waals surface area contributed by atoms with Gasteiger partial charge in [-0.05, 0) is 19.1 Å². The molecule has 0 radical (unpaired) electrons. The van der Waals surface area contributed by atoms with E-state index in [1.807, 2.05) is 19.2 Å². The SMILES string of the molecule is COCc1c(C)n(C)c2cccc(Cl)c12. The monoisotopic (exact) mass is 223 g/mol. The molecule has 0 N–H and O–H groups in total. The molecule has 0 bridgehead atoms. The van der Waals surface area contributed by atoms with Crippen molar-refractivity contribution in [2.75, 3.05) is 7.11 Å². The molecule has 0 unspecified atom stereocenters. The van der Waals surface area contributed by atoms with Crippen LogP contribution in [0, 0.1) is 6.92 Å². The van der Waals surface area contributed by atoms with Gasteiger partial charge in [-0.25, -0.2) is 0 Å². The zero-order valence-corrected chi connectivity index (χ0v) is 9.93. The lowest BCUT2D eigenvalue weighted by Crippen LogP contribution is -1.93. The molecule has 80 valence electrons. The van der Waals surface area contributed by atoms with Gasteiger partial charge in [0.1, 0.15) is 0 Å². The van der Waals surface area contributed by atoms with Crippen molar-refractivity contribution in [3.8, 4) is 0 Å². The van der Waals surface area contributed by atoms with E-state index < -0.39 is 0 Å². The molecule has 0 saturated heterocycles. The third-order valence-electron chi connectivity index (χ3n) is 2.88. The van der Waals surface area contributed by atoms with Gasteiger partial charge in [-0.2, -0.15) is 0 Å². The Balaban J connectivity index is 2.82. The predicted octanol–water partition coefficient (Wildman–Crippen LogP) is 3.29. The summed E-state index contributed by atoms with van der Waals surface area (Å²) in [7, 11) is 3.75. The summed E-state index contributed by atoms with van der Waals surface area (Å²) in [5.41, 5.74) is 3.55. The Morgan fingerprint density at radius 1 is 1.40 bits per heavy atom. The predicted molar refractivity (Wildman–Crippen MR) is 63.4 cm³/mol. The van der Waals surface area contributed by atoms with Crippen molar-refractivity contribution in [3.05, 3.63) is 34.5 Å². The Hall–Kier alpha value is -0.990. The van der Waals surface area contributed by atoms with Crippen LogP contribution in [0.3, 0.4) is 0 Å². The lowest BCUT2D eigenvalue weighted by atomic mass is 10.1. The van der Waals surface area contributed by atoms with Crippen molar-refractivity contribution < 1.29 is 4.74 Å². The number of nitrogens with zero attached hydrogens (tertiary/aromatic N) is 1. The third kappa shape index (κ3) is 1.54. The molecule has 0 aliphatic rings. The second-order valence-electron chi connectivity index (χ2n) is 3.69. The number of hydrogen-bond acceptors (Lipinski definition) is 1. The maximum atomic E-state index is 6.21. The molecule has 1 aromatic carbocycles. The molecule has 2 aromatic rings. The summed E-state index contributed by atoms with van der Waals surface area (Å²) in [5.74, 6) is 0. The van der Waals surface area contributed by atoms with Crippen LogP contribution in [0.2, 0.25) is 5.02 Å². The minimum absolute atomic E-state index is 0.604. The van der Waals surface area contributed by atoms with Crippen molar-refractivity contribution in [3.63, 3.8) is 0 Å². The fraction of sp³-hybridized carbons (Fsp3) is 0.333. The number of fused-ring (bicyclic) bond motifs is 1. The topological polar surface area (TPSA) is 14.2 Å². The number of rotatable bonds is 2. The van der Waals surface area contributed by atoms with Crippen LogP contribution in [-0.2, 0) is 18.4 Å². The minimum Gasteiger partial charge on any atom is -0.380 e. The van der Waals surface area contributed by atoms with Crippen LogP contribution in [0.5, 0.6) is 0 Å². The van der Waals surface area contributed by atoms with E-state index in [9.17, 15) is 0 Å². The average molecular weight is 224 g/mol. The molecule has 0 aliphatic heterocycles. The van der Waals surface area contributed by atoms with Crippen molar-refractivity contribution in [1.82, 2.24) is 4.57 Å². The maximum absolute atomic E-state index is 6.21. The van der Waals surface area contributed by atoms with Crippen molar-refractivity contribution in [2.45, 2.75) is 13.5 Å². The summed E-state index contributed by atoms with van der Waals surface area (Å²) < 4.78 is 7.36. The Labute approximate surface area is 94.4 Å². The largest absolute Gasteiger partial charge is 0.380 e. The van der Waals surface area contributed by atoms with Crippen molar-refractivity contribution >= 4 is 22.5 Å². The van der Waals surface area contributed by atoms with Crippen molar-refractivity contribution in [1.29, 1.82) is 0 Å². The number of benzene rings is 1. The van der Waals surface area contributed by atoms with Gasteiger partial charge >= 0.3 is 0 Å². The van der Waals surface area contributed by atoms with E-state index >= 15 is 0 Å². The van der Waals surface area contributed by atoms with E-state index in [0.717, 1.165) is 15.9 Å². The highest BCUT2D eigenvalue weighted by Crippen LogP contribution is 2.31. The highest BCUT2D eigenvalue weighted by Gasteiger charge is 2.13. The highest BCUT2D eigenvalue weighted by atomic mass is 35.5. The van der Waals surface area contributed by atoms with E-state index in [2.05, 4.69) is 17.6 Å². The molecule has 2 rings (SSSR count). The molecule has 15 heavy (non-hydrogen) atoms. The molecule has 0 aliphatic carbocycles. The number of aryl methyl sites for hydroxylation is 1. The number of aromatic nitrogens is 1. The molecule has 0 fully saturated rings. The molecule has 0 saturated carbocycles. The Kier molecular flexibility index (Phi) is 2.72. The fourth-order valence-electron chi connectivity index (χ4n) is 1.98. The van der Waals surface area contributed by atoms with E-state index in [-0.39, 0.29) is 0 Å². The van der Waals surface area contributed by atoms with Crippen LogP contribution in [0.25, 0.3) is 10.9 Å². The normalized spacial score (nSPS) is 11.2. The van der Waals surface area contributed by atoms with Gasteiger partial charge in [-0.1, -0.05) is 17.7 Å². The second-order valence-corrected chi connectivity index (χ2v) is 4.10. The number of hydrogen-bond donors (Lipinski definition) is 0.